The molecule has 3 rings (SSSR count). The van der Waals surface area contributed by atoms with Crippen LogP contribution >= 0.6 is 0 Å². The summed E-state index contributed by atoms with van der Waals surface area (Å²) in [6.45, 7) is 6.05. The Bertz CT molecular complexity index is 843. The lowest BCUT2D eigenvalue weighted by atomic mass is 10.0. The number of rotatable bonds is 4. The van der Waals surface area contributed by atoms with Crippen molar-refractivity contribution >= 4 is 11.6 Å². The molecule has 0 spiro atoms. The van der Waals surface area contributed by atoms with Gasteiger partial charge >= 0.3 is 0 Å². The lowest BCUT2D eigenvalue weighted by molar-refractivity contribution is -0.115. The van der Waals surface area contributed by atoms with E-state index in [-0.39, 0.29) is 12.3 Å². The van der Waals surface area contributed by atoms with Crippen LogP contribution in [-0.4, -0.2) is 10.9 Å². The Balaban J connectivity index is 1.71. The maximum atomic E-state index is 12.3. The topological polar surface area (TPSA) is 55.1 Å². The number of nitrogens with zero attached hydrogens (tertiary/aromatic N) is 1. The van der Waals surface area contributed by atoms with Crippen molar-refractivity contribution < 1.29 is 9.21 Å². The molecule has 122 valence electrons. The second kappa shape index (κ2) is 6.71. The van der Waals surface area contributed by atoms with Crippen LogP contribution in [0.2, 0.25) is 0 Å². The van der Waals surface area contributed by atoms with Crippen LogP contribution in [0.15, 0.2) is 53.1 Å². The van der Waals surface area contributed by atoms with Gasteiger partial charge in [-0.1, -0.05) is 35.9 Å². The summed E-state index contributed by atoms with van der Waals surface area (Å²) in [5, 5.41) is 2.98. The molecular formula is C20H20N2O2. The van der Waals surface area contributed by atoms with Crippen molar-refractivity contribution in [1.82, 2.24) is 4.98 Å². The summed E-state index contributed by atoms with van der Waals surface area (Å²) in [4.78, 5) is 16.7. The number of nitrogens with one attached hydrogen (secondary N) is 1. The molecule has 0 unspecified atom stereocenters. The Morgan fingerprint density at radius 1 is 1.08 bits per heavy atom. The number of aryl methyl sites for hydroxylation is 3. The molecule has 1 amide bonds. The molecule has 0 aliphatic carbocycles. The molecule has 1 heterocycles. The first kappa shape index (κ1) is 16.0. The number of carbonyl (C=O) groups excluding carboxylic acids is 1. The first-order chi connectivity index (χ1) is 11.5. The van der Waals surface area contributed by atoms with E-state index in [1.54, 1.807) is 0 Å². The van der Waals surface area contributed by atoms with E-state index in [2.05, 4.69) is 22.4 Å². The number of amides is 1. The minimum atomic E-state index is -0.0991. The predicted octanol–water partition coefficient (Wildman–Crippen LogP) is 4.45. The monoisotopic (exact) mass is 320 g/mol. The summed E-state index contributed by atoms with van der Waals surface area (Å²) in [6.07, 6.45) is 1.72. The highest BCUT2D eigenvalue weighted by Crippen LogP contribution is 2.22. The van der Waals surface area contributed by atoms with Gasteiger partial charge in [-0.15, -0.1) is 0 Å². The number of carbonyl (C=O) groups is 1. The number of benzene rings is 2. The van der Waals surface area contributed by atoms with Gasteiger partial charge in [-0.05, 0) is 44.0 Å². The number of aromatic nitrogens is 1. The van der Waals surface area contributed by atoms with E-state index in [0.29, 0.717) is 11.6 Å². The molecule has 0 saturated heterocycles. The quantitative estimate of drug-likeness (QED) is 0.773. The van der Waals surface area contributed by atoms with Crippen LogP contribution in [0, 0.1) is 20.8 Å². The molecule has 4 nitrogen and oxygen atoms in total. The highest BCUT2D eigenvalue weighted by atomic mass is 16.3. The number of hydrogen-bond donors (Lipinski definition) is 1. The third kappa shape index (κ3) is 3.54. The number of oxazole rings is 1. The van der Waals surface area contributed by atoms with Gasteiger partial charge in [0.1, 0.15) is 6.26 Å². The average Bonchev–Trinajstić information content (AvgIpc) is 3.00. The molecule has 0 aliphatic rings. The Kier molecular flexibility index (Phi) is 4.47. The zero-order chi connectivity index (χ0) is 17.1. The summed E-state index contributed by atoms with van der Waals surface area (Å²) in [7, 11) is 0. The van der Waals surface area contributed by atoms with E-state index >= 15 is 0 Å². The largest absolute Gasteiger partial charge is 0.444 e. The van der Waals surface area contributed by atoms with Gasteiger partial charge in [0, 0.05) is 11.3 Å². The van der Waals surface area contributed by atoms with Crippen LogP contribution in [0.1, 0.15) is 22.4 Å². The second-order valence-corrected chi connectivity index (χ2v) is 6.01. The molecule has 0 saturated carbocycles. The normalized spacial score (nSPS) is 10.6. The maximum Gasteiger partial charge on any atom is 0.230 e. The van der Waals surface area contributed by atoms with Crippen molar-refractivity contribution in [3.05, 3.63) is 71.1 Å². The van der Waals surface area contributed by atoms with E-state index in [4.69, 9.17) is 4.42 Å². The van der Waals surface area contributed by atoms with Crippen molar-refractivity contribution in [3.63, 3.8) is 0 Å². The van der Waals surface area contributed by atoms with Crippen LogP contribution in [0.4, 0.5) is 5.69 Å². The third-order valence-electron chi connectivity index (χ3n) is 3.86. The van der Waals surface area contributed by atoms with Gasteiger partial charge in [-0.2, -0.15) is 0 Å². The fourth-order valence-corrected chi connectivity index (χ4v) is 2.83. The highest BCUT2D eigenvalue weighted by Gasteiger charge is 2.12. The lowest BCUT2D eigenvalue weighted by Gasteiger charge is -2.12. The van der Waals surface area contributed by atoms with Crippen molar-refractivity contribution in [2.75, 3.05) is 5.32 Å². The van der Waals surface area contributed by atoms with E-state index in [1.165, 1.54) is 11.8 Å². The summed E-state index contributed by atoms with van der Waals surface area (Å²) >= 11 is 0. The van der Waals surface area contributed by atoms with E-state index in [9.17, 15) is 4.79 Å². The van der Waals surface area contributed by atoms with Crippen molar-refractivity contribution in [3.8, 4) is 11.5 Å². The SMILES string of the molecule is Cc1cc(C)c(NC(=O)Cc2coc(-c3ccccc3)n2)c(C)c1. The summed E-state index contributed by atoms with van der Waals surface area (Å²) in [5.74, 6) is 0.430. The Morgan fingerprint density at radius 2 is 1.75 bits per heavy atom. The molecule has 0 aliphatic heterocycles. The van der Waals surface area contributed by atoms with Crippen LogP contribution < -0.4 is 5.32 Å². The standard InChI is InChI=1S/C20H20N2O2/c1-13-9-14(2)19(15(3)10-13)22-18(23)11-17-12-24-20(21-17)16-7-5-4-6-8-16/h4-10,12H,11H2,1-3H3,(H,22,23). The minimum Gasteiger partial charge on any atom is -0.444 e. The molecule has 24 heavy (non-hydrogen) atoms. The van der Waals surface area contributed by atoms with Gasteiger partial charge < -0.3 is 9.73 Å². The molecule has 2 aromatic carbocycles. The van der Waals surface area contributed by atoms with Crippen LogP contribution in [0.5, 0.6) is 0 Å². The molecule has 1 N–H and O–H groups in total. The van der Waals surface area contributed by atoms with Crippen molar-refractivity contribution in [1.29, 1.82) is 0 Å². The van der Waals surface area contributed by atoms with E-state index in [1.807, 2.05) is 51.1 Å². The molecule has 0 atom stereocenters. The predicted molar refractivity (Wildman–Crippen MR) is 94.9 cm³/mol. The zero-order valence-corrected chi connectivity index (χ0v) is 14.1. The molecule has 0 fully saturated rings. The lowest BCUT2D eigenvalue weighted by Crippen LogP contribution is -2.16. The Hall–Kier alpha value is -2.88. The summed E-state index contributed by atoms with van der Waals surface area (Å²) in [6, 6.07) is 13.8. The maximum absolute atomic E-state index is 12.3. The molecule has 4 heteroatoms. The van der Waals surface area contributed by atoms with Crippen molar-refractivity contribution in [2.45, 2.75) is 27.2 Å². The number of hydrogen-bond acceptors (Lipinski definition) is 3. The number of anilines is 1. The molecule has 1 aromatic heterocycles. The average molecular weight is 320 g/mol. The highest BCUT2D eigenvalue weighted by molar-refractivity contribution is 5.93. The molecular weight excluding hydrogens is 300 g/mol. The van der Waals surface area contributed by atoms with Crippen molar-refractivity contribution in [2.24, 2.45) is 0 Å². The smallest absolute Gasteiger partial charge is 0.230 e. The second-order valence-electron chi connectivity index (χ2n) is 6.01. The molecule has 0 bridgehead atoms. The van der Waals surface area contributed by atoms with E-state index in [0.717, 1.165) is 22.4 Å². The Morgan fingerprint density at radius 3 is 2.42 bits per heavy atom. The fourth-order valence-electron chi connectivity index (χ4n) is 2.83. The first-order valence-corrected chi connectivity index (χ1v) is 7.90. The minimum absolute atomic E-state index is 0.0991. The van der Waals surface area contributed by atoms with Crippen LogP contribution in [0.25, 0.3) is 11.5 Å². The van der Waals surface area contributed by atoms with Gasteiger partial charge in [0.15, 0.2) is 0 Å². The van der Waals surface area contributed by atoms with Crippen LogP contribution in [-0.2, 0) is 11.2 Å². The fraction of sp³-hybridized carbons (Fsp3) is 0.200. The summed E-state index contributed by atoms with van der Waals surface area (Å²) < 4.78 is 5.47. The van der Waals surface area contributed by atoms with Gasteiger partial charge in [0.2, 0.25) is 11.8 Å². The summed E-state index contributed by atoms with van der Waals surface area (Å²) in [5.41, 5.74) is 5.70. The van der Waals surface area contributed by atoms with Gasteiger partial charge in [-0.25, -0.2) is 4.98 Å². The third-order valence-corrected chi connectivity index (χ3v) is 3.86. The van der Waals surface area contributed by atoms with E-state index < -0.39 is 0 Å². The van der Waals surface area contributed by atoms with Crippen LogP contribution in [0.3, 0.4) is 0 Å². The van der Waals surface area contributed by atoms with Gasteiger partial charge in [0.25, 0.3) is 0 Å². The zero-order valence-electron chi connectivity index (χ0n) is 14.1. The Labute approximate surface area is 141 Å². The molecule has 0 radical (unpaired) electrons. The first-order valence-electron chi connectivity index (χ1n) is 7.90. The molecule has 3 aromatic rings. The van der Waals surface area contributed by atoms with Gasteiger partial charge in [-0.3, -0.25) is 4.79 Å². The van der Waals surface area contributed by atoms with Gasteiger partial charge in [0.05, 0.1) is 12.1 Å².